The van der Waals surface area contributed by atoms with Gasteiger partial charge in [0.05, 0.1) is 17.6 Å². The molecule has 158 valence electrons. The lowest BCUT2D eigenvalue weighted by Crippen LogP contribution is -2.38. The number of carbonyl (C=O) groups is 1. The van der Waals surface area contributed by atoms with Crippen LogP contribution in [0.5, 0.6) is 0 Å². The summed E-state index contributed by atoms with van der Waals surface area (Å²) in [7, 11) is 0. The predicted molar refractivity (Wildman–Crippen MR) is 117 cm³/mol. The molecule has 2 aromatic heterocycles. The minimum Gasteiger partial charge on any atom is -0.478 e. The molecule has 0 aliphatic carbocycles. The molecule has 0 aliphatic heterocycles. The van der Waals surface area contributed by atoms with Crippen LogP contribution in [0, 0.1) is 0 Å². The van der Waals surface area contributed by atoms with E-state index in [2.05, 4.69) is 15.1 Å². The number of hydrogen-bond acceptors (Lipinski definition) is 5. The van der Waals surface area contributed by atoms with Crippen LogP contribution in [0.2, 0.25) is 10.0 Å². The Bertz CT molecular complexity index is 1260. The second-order valence-electron chi connectivity index (χ2n) is 7.31. The number of carboxylic acid groups (broad SMARTS) is 1. The average Bonchev–Trinajstić information content (AvgIpc) is 3.25. The Labute approximate surface area is 187 Å². The Morgan fingerprint density at radius 1 is 1.16 bits per heavy atom. The second kappa shape index (κ2) is 8.26. The Kier molecular flexibility index (Phi) is 5.66. The summed E-state index contributed by atoms with van der Waals surface area (Å²) in [5.41, 5.74) is 0.441. The lowest BCUT2D eigenvalue weighted by molar-refractivity contribution is -0.00895. The fourth-order valence-electron chi connectivity index (χ4n) is 3.62. The van der Waals surface area contributed by atoms with Crippen molar-refractivity contribution in [1.29, 1.82) is 0 Å². The number of carboxylic acids is 1. The van der Waals surface area contributed by atoms with Gasteiger partial charge in [-0.1, -0.05) is 42.3 Å². The van der Waals surface area contributed by atoms with Crippen molar-refractivity contribution in [3.05, 3.63) is 88.1 Å². The number of benzene rings is 2. The predicted octanol–water partition coefficient (Wildman–Crippen LogP) is 4.52. The summed E-state index contributed by atoms with van der Waals surface area (Å²) in [4.78, 5) is 19.9. The third-order valence-electron chi connectivity index (χ3n) is 5.38. The number of pyridine rings is 1. The van der Waals surface area contributed by atoms with Crippen LogP contribution in [0.1, 0.15) is 34.5 Å². The van der Waals surface area contributed by atoms with E-state index >= 15 is 0 Å². The van der Waals surface area contributed by atoms with Crippen LogP contribution in [-0.2, 0) is 12.1 Å². The van der Waals surface area contributed by atoms with Gasteiger partial charge in [-0.2, -0.15) is 5.10 Å². The standard InChI is InChI=1S/C22H18Cl2N4O3/c1-13(19-6-2-14-8-15(21(29)30)3-7-20(14)27-19)22(31,10-28-12-25-11-26-28)17-5-4-16(23)9-18(17)24/h2-9,11-13,31H,10H2,1H3,(H,29,30). The third kappa shape index (κ3) is 4.12. The Morgan fingerprint density at radius 3 is 2.65 bits per heavy atom. The molecule has 0 bridgehead atoms. The first-order valence-corrected chi connectivity index (χ1v) is 10.2. The summed E-state index contributed by atoms with van der Waals surface area (Å²) in [5.74, 6) is -1.50. The van der Waals surface area contributed by atoms with Crippen molar-refractivity contribution in [2.45, 2.75) is 25.0 Å². The Hall–Kier alpha value is -3.00. The van der Waals surface area contributed by atoms with Gasteiger partial charge in [0.25, 0.3) is 0 Å². The molecule has 9 heteroatoms. The largest absolute Gasteiger partial charge is 0.478 e. The van der Waals surface area contributed by atoms with E-state index in [-0.39, 0.29) is 12.1 Å². The number of aliphatic hydroxyl groups is 1. The van der Waals surface area contributed by atoms with Crippen LogP contribution >= 0.6 is 23.2 Å². The monoisotopic (exact) mass is 456 g/mol. The fraction of sp³-hybridized carbons (Fsp3) is 0.182. The molecule has 0 saturated heterocycles. The van der Waals surface area contributed by atoms with E-state index in [1.165, 1.54) is 23.4 Å². The molecule has 7 nitrogen and oxygen atoms in total. The molecular weight excluding hydrogens is 439 g/mol. The van der Waals surface area contributed by atoms with Crippen molar-refractivity contribution in [3.8, 4) is 0 Å². The number of rotatable bonds is 6. The van der Waals surface area contributed by atoms with Gasteiger partial charge in [0.1, 0.15) is 18.3 Å². The smallest absolute Gasteiger partial charge is 0.335 e. The zero-order chi connectivity index (χ0) is 22.2. The molecule has 2 N–H and O–H groups in total. The summed E-state index contributed by atoms with van der Waals surface area (Å²) in [5, 5.41) is 26.7. The van der Waals surface area contributed by atoms with Gasteiger partial charge >= 0.3 is 5.97 Å². The molecule has 0 fully saturated rings. The van der Waals surface area contributed by atoms with E-state index in [1.54, 1.807) is 42.5 Å². The molecule has 31 heavy (non-hydrogen) atoms. The van der Waals surface area contributed by atoms with Gasteiger partial charge in [0.2, 0.25) is 0 Å². The van der Waals surface area contributed by atoms with Crippen molar-refractivity contribution >= 4 is 40.1 Å². The number of halogens is 2. The van der Waals surface area contributed by atoms with Gasteiger partial charge < -0.3 is 10.2 Å². The van der Waals surface area contributed by atoms with E-state index in [0.29, 0.717) is 32.2 Å². The zero-order valence-electron chi connectivity index (χ0n) is 16.4. The van der Waals surface area contributed by atoms with Gasteiger partial charge in [0, 0.05) is 32.6 Å². The maximum atomic E-state index is 11.9. The van der Waals surface area contributed by atoms with Crippen LogP contribution in [0.4, 0.5) is 0 Å². The molecule has 2 heterocycles. The number of fused-ring (bicyclic) bond motifs is 1. The first kappa shape index (κ1) is 21.2. The van der Waals surface area contributed by atoms with Crippen molar-refractivity contribution < 1.29 is 15.0 Å². The van der Waals surface area contributed by atoms with Gasteiger partial charge in [-0.25, -0.2) is 14.5 Å². The summed E-state index contributed by atoms with van der Waals surface area (Å²) in [6, 6.07) is 13.2. The molecule has 0 aliphatic rings. The van der Waals surface area contributed by atoms with Gasteiger partial charge in [-0.05, 0) is 36.4 Å². The second-order valence-corrected chi connectivity index (χ2v) is 8.16. The molecule has 0 spiro atoms. The Balaban J connectivity index is 1.80. The van der Waals surface area contributed by atoms with E-state index in [1.807, 2.05) is 6.92 Å². The highest BCUT2D eigenvalue weighted by Crippen LogP contribution is 2.41. The van der Waals surface area contributed by atoms with Crippen LogP contribution in [-0.4, -0.2) is 35.9 Å². The van der Waals surface area contributed by atoms with Crippen molar-refractivity contribution in [3.63, 3.8) is 0 Å². The molecular formula is C22H18Cl2N4O3. The summed E-state index contributed by atoms with van der Waals surface area (Å²) in [6.07, 6.45) is 2.91. The highest BCUT2D eigenvalue weighted by atomic mass is 35.5. The first-order valence-electron chi connectivity index (χ1n) is 9.42. The number of nitrogens with zero attached hydrogens (tertiary/aromatic N) is 4. The van der Waals surface area contributed by atoms with Crippen molar-refractivity contribution in [2.75, 3.05) is 0 Å². The van der Waals surface area contributed by atoms with E-state index in [4.69, 9.17) is 23.2 Å². The minimum atomic E-state index is -1.48. The quantitative estimate of drug-likeness (QED) is 0.442. The topological polar surface area (TPSA) is 101 Å². The summed E-state index contributed by atoms with van der Waals surface area (Å²) < 4.78 is 1.53. The summed E-state index contributed by atoms with van der Waals surface area (Å²) >= 11 is 12.5. The minimum absolute atomic E-state index is 0.0905. The maximum Gasteiger partial charge on any atom is 0.335 e. The van der Waals surface area contributed by atoms with Crippen LogP contribution in [0.15, 0.2) is 61.2 Å². The molecule has 2 atom stereocenters. The lowest BCUT2D eigenvalue weighted by atomic mass is 9.80. The number of aromatic nitrogens is 4. The molecule has 0 amide bonds. The highest BCUT2D eigenvalue weighted by molar-refractivity contribution is 6.35. The van der Waals surface area contributed by atoms with Gasteiger partial charge in [-0.3, -0.25) is 4.98 Å². The van der Waals surface area contributed by atoms with Gasteiger partial charge in [-0.15, -0.1) is 0 Å². The van der Waals surface area contributed by atoms with Crippen LogP contribution in [0.3, 0.4) is 0 Å². The molecule has 2 unspecified atom stereocenters. The van der Waals surface area contributed by atoms with Crippen LogP contribution < -0.4 is 0 Å². The molecule has 2 aromatic carbocycles. The van der Waals surface area contributed by atoms with Crippen LogP contribution in [0.25, 0.3) is 10.9 Å². The average molecular weight is 457 g/mol. The number of hydrogen-bond donors (Lipinski definition) is 2. The van der Waals surface area contributed by atoms with E-state index < -0.39 is 17.5 Å². The zero-order valence-corrected chi connectivity index (χ0v) is 17.9. The van der Waals surface area contributed by atoms with E-state index in [0.717, 1.165) is 0 Å². The maximum absolute atomic E-state index is 11.9. The molecule has 0 radical (unpaired) electrons. The normalized spacial score (nSPS) is 14.3. The third-order valence-corrected chi connectivity index (χ3v) is 5.93. The Morgan fingerprint density at radius 2 is 1.97 bits per heavy atom. The summed E-state index contributed by atoms with van der Waals surface area (Å²) in [6.45, 7) is 1.94. The molecule has 4 rings (SSSR count). The van der Waals surface area contributed by atoms with Crippen molar-refractivity contribution in [2.24, 2.45) is 0 Å². The highest BCUT2D eigenvalue weighted by Gasteiger charge is 2.40. The first-order chi connectivity index (χ1) is 14.8. The molecule has 0 saturated carbocycles. The van der Waals surface area contributed by atoms with Crippen molar-refractivity contribution in [1.82, 2.24) is 19.7 Å². The van der Waals surface area contributed by atoms with Gasteiger partial charge in [0.15, 0.2) is 0 Å². The van der Waals surface area contributed by atoms with E-state index in [9.17, 15) is 15.0 Å². The lowest BCUT2D eigenvalue weighted by Gasteiger charge is -2.35. The SMILES string of the molecule is CC(c1ccc2cc(C(=O)O)ccc2n1)C(O)(Cn1cncn1)c1ccc(Cl)cc1Cl. The fourth-order valence-corrected chi connectivity index (χ4v) is 4.19. The number of aromatic carboxylic acids is 1. The molecule has 4 aromatic rings.